The molecule has 5 rings (SSSR count). The van der Waals surface area contributed by atoms with Crippen LogP contribution in [0, 0.1) is 17.3 Å². The van der Waals surface area contributed by atoms with E-state index in [2.05, 4.69) is 0 Å². The summed E-state index contributed by atoms with van der Waals surface area (Å²) in [5, 5.41) is 12.7. The Morgan fingerprint density at radius 1 is 0.896 bits per heavy atom. The second-order valence-corrected chi connectivity index (χ2v) is 13.6. The number of rotatable bonds is 10. The Labute approximate surface area is 277 Å². The third kappa shape index (κ3) is 5.68. The number of furan rings is 2. The summed E-state index contributed by atoms with van der Waals surface area (Å²) in [5.74, 6) is -5.14. The Balaban J connectivity index is 1.81. The topological polar surface area (TPSA) is 187 Å². The molecule has 0 amide bonds. The summed E-state index contributed by atoms with van der Waals surface area (Å²) in [4.78, 5) is 66.2. The molecule has 0 aromatic carbocycles. The number of aliphatic hydroxyl groups is 1. The number of carbonyl (C=O) groups is 5. The van der Waals surface area contributed by atoms with E-state index in [1.807, 2.05) is 0 Å². The summed E-state index contributed by atoms with van der Waals surface area (Å²) >= 11 is 0. The van der Waals surface area contributed by atoms with Crippen LogP contribution in [0.1, 0.15) is 88.4 Å². The van der Waals surface area contributed by atoms with Gasteiger partial charge in [0.1, 0.15) is 42.9 Å². The molecule has 9 atom stereocenters. The number of hydrogen-bond donors (Lipinski definition) is 1. The molecule has 3 heterocycles. The van der Waals surface area contributed by atoms with Crippen molar-refractivity contribution in [1.82, 2.24) is 0 Å². The molecule has 2 saturated carbocycles. The summed E-state index contributed by atoms with van der Waals surface area (Å²) in [5.41, 5.74) is -7.28. The molecule has 1 N–H and O–H groups in total. The van der Waals surface area contributed by atoms with E-state index < -0.39 is 94.9 Å². The van der Waals surface area contributed by atoms with Gasteiger partial charge in [0, 0.05) is 26.2 Å². The molecule has 14 heteroatoms. The van der Waals surface area contributed by atoms with E-state index in [9.17, 15) is 29.1 Å². The van der Waals surface area contributed by atoms with Crippen molar-refractivity contribution in [1.29, 1.82) is 0 Å². The highest BCUT2D eigenvalue weighted by Crippen LogP contribution is 2.69. The van der Waals surface area contributed by atoms with E-state index in [1.165, 1.54) is 44.8 Å². The first-order chi connectivity index (χ1) is 22.5. The SMILES string of the molecule is CCC(C)C(=O)O[C@H]1C[C@](C)(O)[C@]23OC(C)(C)[C@H](C[C@@H](OC(=O)c4ccoc4)[C@]2(COC(C)=O)[C@H]1OC(=O)c1ccoc1)[C@H]3OC(C)=O. The predicted octanol–water partition coefficient (Wildman–Crippen LogP) is 3.78. The average Bonchev–Trinajstić information content (AvgIpc) is 3.76. The van der Waals surface area contributed by atoms with Crippen LogP contribution in [-0.4, -0.2) is 82.8 Å². The van der Waals surface area contributed by atoms with Crippen LogP contribution in [0.15, 0.2) is 46.0 Å². The Kier molecular flexibility index (Phi) is 9.30. The van der Waals surface area contributed by atoms with Crippen LogP contribution in [0.25, 0.3) is 0 Å². The van der Waals surface area contributed by atoms with Crippen molar-refractivity contribution >= 4 is 29.8 Å². The van der Waals surface area contributed by atoms with Crippen LogP contribution in [0.2, 0.25) is 0 Å². The molecule has 48 heavy (non-hydrogen) atoms. The van der Waals surface area contributed by atoms with Crippen LogP contribution in [0.4, 0.5) is 0 Å². The molecule has 1 unspecified atom stereocenters. The Morgan fingerprint density at radius 3 is 2.02 bits per heavy atom. The predicted molar refractivity (Wildman–Crippen MR) is 161 cm³/mol. The minimum atomic E-state index is -2.07. The van der Waals surface area contributed by atoms with Crippen LogP contribution < -0.4 is 0 Å². The summed E-state index contributed by atoms with van der Waals surface area (Å²) in [6.45, 7) is 10.0. The summed E-state index contributed by atoms with van der Waals surface area (Å²) in [6, 6.07) is 2.75. The van der Waals surface area contributed by atoms with E-state index in [1.54, 1.807) is 27.7 Å². The molecule has 1 aliphatic heterocycles. The van der Waals surface area contributed by atoms with Crippen LogP contribution in [-0.2, 0) is 42.8 Å². The van der Waals surface area contributed by atoms with Gasteiger partial charge >= 0.3 is 29.8 Å². The molecule has 0 radical (unpaired) electrons. The fraction of sp³-hybridized carbons (Fsp3) is 0.618. The molecule has 1 saturated heterocycles. The highest BCUT2D eigenvalue weighted by atomic mass is 16.6. The lowest BCUT2D eigenvalue weighted by atomic mass is 9.46. The van der Waals surface area contributed by atoms with Gasteiger partial charge in [0.15, 0.2) is 11.7 Å². The Morgan fingerprint density at radius 2 is 1.50 bits per heavy atom. The highest BCUT2D eigenvalue weighted by Gasteiger charge is 2.86. The number of esters is 5. The molecule has 2 aliphatic carbocycles. The van der Waals surface area contributed by atoms with Crippen molar-refractivity contribution in [2.75, 3.05) is 6.61 Å². The van der Waals surface area contributed by atoms with Gasteiger partial charge in [-0.3, -0.25) is 14.4 Å². The standard InChI is InChI=1S/C34H42O14/c1-8-18(2)28(37)45-24-14-32(7,40)34-26(44-20(4)36)23(31(5,6)48-34)13-25(46-29(38)21-9-11-41-15-21)33(34,17-43-19(3)35)27(24)47-30(39)22-10-12-42-16-22/h9-12,15-16,18,23-27,40H,8,13-14,17H2,1-7H3/t18?,23-,24+,25-,26-,27+,32+,33-,34+/m1/s1. The maximum Gasteiger partial charge on any atom is 0.341 e. The lowest BCUT2D eigenvalue weighted by molar-refractivity contribution is -0.354. The van der Waals surface area contributed by atoms with Gasteiger partial charge in [-0.25, -0.2) is 9.59 Å². The zero-order valence-corrected chi connectivity index (χ0v) is 28.0. The molecule has 262 valence electrons. The maximum absolute atomic E-state index is 13.8. The first-order valence-electron chi connectivity index (χ1n) is 15.9. The number of fused-ring (bicyclic) bond motifs is 1. The summed E-state index contributed by atoms with van der Waals surface area (Å²) in [7, 11) is 0. The normalized spacial score (nSPS) is 33.9. The highest BCUT2D eigenvalue weighted by molar-refractivity contribution is 5.90. The first kappa shape index (κ1) is 35.1. The number of hydrogen-bond acceptors (Lipinski definition) is 14. The van der Waals surface area contributed by atoms with E-state index in [-0.39, 0.29) is 24.0 Å². The van der Waals surface area contributed by atoms with Crippen molar-refractivity contribution < 1.29 is 66.3 Å². The lowest BCUT2D eigenvalue weighted by Gasteiger charge is -2.65. The molecule has 2 aromatic rings. The van der Waals surface area contributed by atoms with E-state index >= 15 is 0 Å². The fourth-order valence-corrected chi connectivity index (χ4v) is 7.80. The Bertz CT molecular complexity index is 1520. The Hall–Kier alpha value is -4.17. The maximum atomic E-state index is 13.8. The molecular formula is C34H42O14. The summed E-state index contributed by atoms with van der Waals surface area (Å²) in [6.07, 6.45) is -0.730. The van der Waals surface area contributed by atoms with Crippen LogP contribution >= 0.6 is 0 Å². The minimum Gasteiger partial charge on any atom is -0.472 e. The van der Waals surface area contributed by atoms with Crippen molar-refractivity contribution in [2.45, 2.75) is 109 Å². The molecular weight excluding hydrogens is 632 g/mol. The van der Waals surface area contributed by atoms with Crippen molar-refractivity contribution in [3.8, 4) is 0 Å². The third-order valence-electron chi connectivity index (χ3n) is 10.1. The van der Waals surface area contributed by atoms with Crippen molar-refractivity contribution in [3.63, 3.8) is 0 Å². The largest absolute Gasteiger partial charge is 0.472 e. The minimum absolute atomic E-state index is 0.000793. The molecule has 1 spiro atoms. The van der Waals surface area contributed by atoms with Gasteiger partial charge in [-0.05, 0) is 45.7 Å². The van der Waals surface area contributed by atoms with E-state index in [0.717, 1.165) is 13.2 Å². The van der Waals surface area contributed by atoms with E-state index in [0.29, 0.717) is 6.42 Å². The number of ether oxygens (including phenoxy) is 6. The van der Waals surface area contributed by atoms with Crippen molar-refractivity contribution in [3.05, 3.63) is 48.3 Å². The molecule has 2 aromatic heterocycles. The number of carbonyl (C=O) groups excluding carboxylic acids is 5. The van der Waals surface area contributed by atoms with Crippen LogP contribution in [0.5, 0.6) is 0 Å². The fourth-order valence-electron chi connectivity index (χ4n) is 7.80. The van der Waals surface area contributed by atoms with Gasteiger partial charge in [-0.15, -0.1) is 0 Å². The van der Waals surface area contributed by atoms with Gasteiger partial charge in [-0.1, -0.05) is 13.8 Å². The lowest BCUT2D eigenvalue weighted by Crippen LogP contribution is -2.83. The first-order valence-corrected chi connectivity index (χ1v) is 15.9. The van der Waals surface area contributed by atoms with Gasteiger partial charge in [0.25, 0.3) is 0 Å². The van der Waals surface area contributed by atoms with Gasteiger partial charge < -0.3 is 42.4 Å². The third-order valence-corrected chi connectivity index (χ3v) is 10.1. The van der Waals surface area contributed by atoms with Gasteiger partial charge in [-0.2, -0.15) is 0 Å². The van der Waals surface area contributed by atoms with Crippen molar-refractivity contribution in [2.24, 2.45) is 17.3 Å². The van der Waals surface area contributed by atoms with Gasteiger partial charge in [0.2, 0.25) is 0 Å². The molecule has 14 nitrogen and oxygen atoms in total. The zero-order chi connectivity index (χ0) is 35.2. The summed E-state index contributed by atoms with van der Waals surface area (Å²) < 4.78 is 47.2. The smallest absolute Gasteiger partial charge is 0.341 e. The van der Waals surface area contributed by atoms with E-state index in [4.69, 9.17) is 37.3 Å². The second kappa shape index (κ2) is 12.7. The quantitative estimate of drug-likeness (QED) is 0.283. The molecule has 3 aliphatic rings. The molecule has 2 bridgehead atoms. The molecule has 3 fully saturated rings. The monoisotopic (exact) mass is 674 g/mol. The second-order valence-electron chi connectivity index (χ2n) is 13.6. The van der Waals surface area contributed by atoms with Crippen LogP contribution in [0.3, 0.4) is 0 Å². The average molecular weight is 675 g/mol. The zero-order valence-electron chi connectivity index (χ0n) is 28.0. The van der Waals surface area contributed by atoms with Gasteiger partial charge in [0.05, 0.1) is 40.8 Å².